The Kier molecular flexibility index (Phi) is 6.15. The fourth-order valence-corrected chi connectivity index (χ4v) is 2.50. The monoisotopic (exact) mass is 314 g/mol. The summed E-state index contributed by atoms with van der Waals surface area (Å²) in [6.45, 7) is 3.24. The van der Waals surface area contributed by atoms with Crippen LogP contribution in [-0.4, -0.2) is 32.2 Å². The first kappa shape index (κ1) is 15.0. The van der Waals surface area contributed by atoms with Gasteiger partial charge in [0.25, 0.3) is 0 Å². The molecule has 1 aliphatic rings. The Morgan fingerprint density at radius 1 is 1.50 bits per heavy atom. The molecular weight excluding hydrogens is 296 g/mol. The summed E-state index contributed by atoms with van der Waals surface area (Å²) in [6, 6.07) is 4.43. The minimum absolute atomic E-state index is 0.583. The van der Waals surface area contributed by atoms with Crippen LogP contribution >= 0.6 is 15.9 Å². The van der Waals surface area contributed by atoms with Crippen LogP contribution in [0.3, 0.4) is 0 Å². The van der Waals surface area contributed by atoms with Gasteiger partial charge in [0.1, 0.15) is 0 Å². The molecule has 0 bridgehead atoms. The third-order valence-electron chi connectivity index (χ3n) is 2.68. The van der Waals surface area contributed by atoms with E-state index in [1.54, 1.807) is 0 Å². The van der Waals surface area contributed by atoms with Gasteiger partial charge in [0.05, 0.1) is 12.8 Å². The van der Waals surface area contributed by atoms with E-state index in [2.05, 4.69) is 45.1 Å². The molecule has 1 amide bonds. The van der Waals surface area contributed by atoms with Crippen molar-refractivity contribution in [2.75, 3.05) is 26.0 Å². The number of rotatable bonds is 2. The number of nitrogens with one attached hydrogen (secondary N) is 1. The Hall–Kier alpha value is -1.07. The number of carbonyl (C=O) groups excluding carboxylic acids is 1. The van der Waals surface area contributed by atoms with Crippen LogP contribution in [0.25, 0.3) is 0 Å². The highest BCUT2D eigenvalue weighted by molar-refractivity contribution is 9.10. The third-order valence-corrected chi connectivity index (χ3v) is 3.30. The summed E-state index contributed by atoms with van der Waals surface area (Å²) in [7, 11) is 2.95. The normalized spacial score (nSPS) is 12.7. The minimum atomic E-state index is 0.583. The molecule has 4 nitrogen and oxygen atoms in total. The fourth-order valence-electron chi connectivity index (χ4n) is 1.74. The number of fused-ring (bicyclic) bond motifs is 1. The molecule has 2 rings (SSSR count). The van der Waals surface area contributed by atoms with Crippen molar-refractivity contribution in [2.24, 2.45) is 0 Å². The highest BCUT2D eigenvalue weighted by atomic mass is 79.9. The molecule has 1 heterocycles. The zero-order valence-electron chi connectivity index (χ0n) is 11.0. The van der Waals surface area contributed by atoms with Crippen molar-refractivity contribution in [3.63, 3.8) is 0 Å². The standard InChI is InChI=1S/C10H12BrN.C3H7NO2/c1-7-5-8-3-2-4-12-10(8)9(11)6-7;1-4(3-5)6-2/h5-6,12H,2-4H2,1H3;3H,1-2H3. The highest BCUT2D eigenvalue weighted by Gasteiger charge is 2.11. The highest BCUT2D eigenvalue weighted by Crippen LogP contribution is 2.31. The molecule has 0 spiro atoms. The second-order valence-electron chi connectivity index (χ2n) is 4.15. The Bertz CT molecular complexity index is 410. The van der Waals surface area contributed by atoms with Gasteiger partial charge in [0, 0.05) is 18.1 Å². The van der Waals surface area contributed by atoms with E-state index in [9.17, 15) is 4.79 Å². The van der Waals surface area contributed by atoms with Crippen LogP contribution in [0.5, 0.6) is 0 Å². The van der Waals surface area contributed by atoms with Gasteiger partial charge in [-0.1, -0.05) is 6.07 Å². The van der Waals surface area contributed by atoms with Crippen LogP contribution < -0.4 is 5.32 Å². The zero-order chi connectivity index (χ0) is 13.5. The lowest BCUT2D eigenvalue weighted by molar-refractivity contribution is -0.153. The molecule has 0 aliphatic carbocycles. The summed E-state index contributed by atoms with van der Waals surface area (Å²) in [5, 5.41) is 4.48. The van der Waals surface area contributed by atoms with Crippen LogP contribution in [0, 0.1) is 6.92 Å². The van der Waals surface area contributed by atoms with E-state index in [-0.39, 0.29) is 0 Å². The number of hydroxylamine groups is 2. The summed E-state index contributed by atoms with van der Waals surface area (Å²) in [5.74, 6) is 0. The average molecular weight is 315 g/mol. The van der Waals surface area contributed by atoms with Gasteiger partial charge < -0.3 is 5.32 Å². The van der Waals surface area contributed by atoms with E-state index in [0.717, 1.165) is 11.6 Å². The third kappa shape index (κ3) is 4.31. The molecule has 5 heteroatoms. The van der Waals surface area contributed by atoms with Crippen LogP contribution in [0.4, 0.5) is 5.69 Å². The maximum Gasteiger partial charge on any atom is 0.233 e. The molecule has 0 saturated carbocycles. The van der Waals surface area contributed by atoms with Gasteiger partial charge in [-0.05, 0) is 52.9 Å². The molecule has 100 valence electrons. The molecule has 0 aromatic heterocycles. The van der Waals surface area contributed by atoms with Crippen molar-refractivity contribution in [2.45, 2.75) is 19.8 Å². The summed E-state index contributed by atoms with van der Waals surface area (Å²) in [5.41, 5.74) is 4.09. The van der Waals surface area contributed by atoms with Gasteiger partial charge in [0.2, 0.25) is 6.41 Å². The molecule has 0 unspecified atom stereocenters. The molecular formula is C13H19BrN2O2. The van der Waals surface area contributed by atoms with Crippen molar-refractivity contribution in [1.29, 1.82) is 0 Å². The molecule has 1 aliphatic heterocycles. The first-order chi connectivity index (χ1) is 8.58. The molecule has 0 saturated heterocycles. The van der Waals surface area contributed by atoms with E-state index < -0.39 is 0 Å². The van der Waals surface area contributed by atoms with Crippen LogP contribution in [0.2, 0.25) is 0 Å². The van der Waals surface area contributed by atoms with Crippen molar-refractivity contribution in [3.8, 4) is 0 Å². The Morgan fingerprint density at radius 3 is 2.78 bits per heavy atom. The van der Waals surface area contributed by atoms with Crippen LogP contribution in [0.1, 0.15) is 17.5 Å². The van der Waals surface area contributed by atoms with Gasteiger partial charge in [0.15, 0.2) is 0 Å². The first-order valence-electron chi connectivity index (χ1n) is 5.83. The second kappa shape index (κ2) is 7.38. The van der Waals surface area contributed by atoms with Crippen molar-refractivity contribution < 1.29 is 9.63 Å². The number of anilines is 1. The minimum Gasteiger partial charge on any atom is -0.384 e. The van der Waals surface area contributed by atoms with Crippen LogP contribution in [-0.2, 0) is 16.1 Å². The summed E-state index contributed by atoms with van der Waals surface area (Å²) in [6.07, 6.45) is 3.05. The Balaban J connectivity index is 0.000000232. The number of carbonyl (C=O) groups is 1. The summed E-state index contributed by atoms with van der Waals surface area (Å²) >= 11 is 3.57. The number of benzene rings is 1. The van der Waals surface area contributed by atoms with Gasteiger partial charge in [-0.3, -0.25) is 9.63 Å². The van der Waals surface area contributed by atoms with E-state index in [1.165, 1.54) is 48.3 Å². The lowest BCUT2D eigenvalue weighted by Gasteiger charge is -2.19. The molecule has 1 N–H and O–H groups in total. The van der Waals surface area contributed by atoms with Crippen molar-refractivity contribution in [1.82, 2.24) is 5.06 Å². The molecule has 0 radical (unpaired) electrons. The fraction of sp³-hybridized carbons (Fsp3) is 0.462. The first-order valence-corrected chi connectivity index (χ1v) is 6.63. The quantitative estimate of drug-likeness (QED) is 0.674. The Labute approximate surface area is 116 Å². The zero-order valence-corrected chi connectivity index (χ0v) is 12.6. The molecule has 1 aromatic carbocycles. The SMILES string of the molecule is CON(C)C=O.Cc1cc(Br)c2c(c1)CCCN2. The molecule has 0 fully saturated rings. The van der Waals surface area contributed by atoms with E-state index in [1.807, 2.05) is 0 Å². The number of hydrogen-bond donors (Lipinski definition) is 1. The number of nitrogens with zero attached hydrogens (tertiary/aromatic N) is 1. The predicted octanol–water partition coefficient (Wildman–Crippen LogP) is 2.75. The van der Waals surface area contributed by atoms with Crippen LogP contribution in [0.15, 0.2) is 16.6 Å². The van der Waals surface area contributed by atoms with Gasteiger partial charge in [-0.15, -0.1) is 0 Å². The molecule has 0 atom stereocenters. The van der Waals surface area contributed by atoms with Crippen molar-refractivity contribution in [3.05, 3.63) is 27.7 Å². The number of hydrogen-bond acceptors (Lipinski definition) is 3. The summed E-state index contributed by atoms with van der Waals surface area (Å²) in [4.78, 5) is 13.9. The van der Waals surface area contributed by atoms with Gasteiger partial charge >= 0.3 is 0 Å². The van der Waals surface area contributed by atoms with Gasteiger partial charge in [-0.25, -0.2) is 5.06 Å². The Morgan fingerprint density at radius 2 is 2.22 bits per heavy atom. The smallest absolute Gasteiger partial charge is 0.233 e. The topological polar surface area (TPSA) is 41.6 Å². The van der Waals surface area contributed by atoms with Gasteiger partial charge in [-0.2, -0.15) is 0 Å². The second-order valence-corrected chi connectivity index (χ2v) is 5.00. The van der Waals surface area contributed by atoms with E-state index >= 15 is 0 Å². The molecule has 18 heavy (non-hydrogen) atoms. The number of aryl methyl sites for hydroxylation is 2. The maximum absolute atomic E-state index is 9.54. The maximum atomic E-state index is 9.54. The average Bonchev–Trinajstić information content (AvgIpc) is 2.38. The lowest BCUT2D eigenvalue weighted by Crippen LogP contribution is -2.12. The van der Waals surface area contributed by atoms with Crippen molar-refractivity contribution >= 4 is 28.0 Å². The number of halogens is 1. The summed E-state index contributed by atoms with van der Waals surface area (Å²) < 4.78 is 1.21. The van der Waals surface area contributed by atoms with E-state index in [4.69, 9.17) is 0 Å². The molecule has 1 aromatic rings. The van der Waals surface area contributed by atoms with E-state index in [0.29, 0.717) is 6.41 Å². The predicted molar refractivity (Wildman–Crippen MR) is 76.5 cm³/mol. The largest absolute Gasteiger partial charge is 0.384 e. The lowest BCUT2D eigenvalue weighted by atomic mass is 10.0. The number of amides is 1.